The number of hydrogen-bond acceptors (Lipinski definition) is 7. The second kappa shape index (κ2) is 8.94. The Kier molecular flexibility index (Phi) is 7.47. The maximum absolute atomic E-state index is 11.9. The van der Waals surface area contributed by atoms with Crippen LogP contribution in [-0.2, 0) is 20.7 Å². The lowest BCUT2D eigenvalue weighted by molar-refractivity contribution is -0.147. The number of nitrogens with two attached hydrogens (primary N) is 1. The molecule has 1 unspecified atom stereocenters. The molecule has 0 radical (unpaired) electrons. The highest BCUT2D eigenvalue weighted by Gasteiger charge is 2.44. The molecule has 5 N–H and O–H groups in total. The minimum absolute atomic E-state index is 0.111. The normalized spacial score (nSPS) is 16.9. The molecule has 152 valence electrons. The van der Waals surface area contributed by atoms with E-state index in [4.69, 9.17) is 15.2 Å². The van der Waals surface area contributed by atoms with Gasteiger partial charge in [-0.15, -0.1) is 0 Å². The van der Waals surface area contributed by atoms with Crippen LogP contribution >= 0.6 is 0 Å². The summed E-state index contributed by atoms with van der Waals surface area (Å²) in [5.41, 5.74) is 4.81. The van der Waals surface area contributed by atoms with Crippen molar-refractivity contribution >= 4 is 12.1 Å². The predicted octanol–water partition coefficient (Wildman–Crippen LogP) is 2.64. The lowest BCUT2D eigenvalue weighted by Gasteiger charge is -2.34. The molecule has 0 spiro atoms. The first-order valence-electron chi connectivity index (χ1n) is 8.78. The lowest BCUT2D eigenvalue weighted by Crippen LogP contribution is -2.58. The van der Waals surface area contributed by atoms with Crippen molar-refractivity contribution in [3.05, 3.63) is 23.8 Å². The Morgan fingerprint density at radius 3 is 2.07 bits per heavy atom. The third-order valence-electron chi connectivity index (χ3n) is 4.95. The zero-order valence-corrected chi connectivity index (χ0v) is 16.3. The fourth-order valence-electron chi connectivity index (χ4n) is 2.44. The minimum atomic E-state index is -1.77. The van der Waals surface area contributed by atoms with E-state index >= 15 is 0 Å². The Morgan fingerprint density at radius 2 is 1.59 bits per heavy atom. The van der Waals surface area contributed by atoms with E-state index in [-0.39, 0.29) is 29.9 Å². The molecule has 0 saturated carbocycles. The van der Waals surface area contributed by atoms with Crippen LogP contribution in [-0.4, -0.2) is 45.2 Å². The molecular weight excluding hydrogens is 354 g/mol. The van der Waals surface area contributed by atoms with Crippen LogP contribution in [0.4, 0.5) is 4.79 Å². The van der Waals surface area contributed by atoms with Crippen molar-refractivity contribution in [3.8, 4) is 11.5 Å². The van der Waals surface area contributed by atoms with Gasteiger partial charge in [0, 0.05) is 12.3 Å². The van der Waals surface area contributed by atoms with Crippen molar-refractivity contribution in [1.29, 1.82) is 0 Å². The van der Waals surface area contributed by atoms with E-state index in [1.165, 1.54) is 18.2 Å². The molecular formula is C19H29NO7. The summed E-state index contributed by atoms with van der Waals surface area (Å²) in [4.78, 5) is 23.8. The van der Waals surface area contributed by atoms with E-state index in [2.05, 4.69) is 0 Å². The summed E-state index contributed by atoms with van der Waals surface area (Å²) < 4.78 is 10.4. The second-order valence-corrected chi connectivity index (χ2v) is 7.27. The van der Waals surface area contributed by atoms with Crippen molar-refractivity contribution in [2.24, 2.45) is 17.6 Å². The molecule has 0 heterocycles. The summed E-state index contributed by atoms with van der Waals surface area (Å²) in [7, 11) is 0. The van der Waals surface area contributed by atoms with Gasteiger partial charge in [0.1, 0.15) is 17.7 Å². The number of carbonyl (C=O) groups excluding carboxylic acids is 1. The lowest BCUT2D eigenvalue weighted by atomic mass is 9.78. The van der Waals surface area contributed by atoms with Gasteiger partial charge < -0.3 is 30.5 Å². The monoisotopic (exact) mass is 383 g/mol. The fraction of sp³-hybridized carbons (Fsp3) is 0.579. The number of carbonyl (C=O) groups is 2. The zero-order valence-electron chi connectivity index (χ0n) is 16.3. The highest BCUT2D eigenvalue weighted by Crippen LogP contribution is 2.30. The number of carboxylic acid groups (broad SMARTS) is 1. The number of aromatic hydroxyl groups is 2. The third-order valence-corrected chi connectivity index (χ3v) is 4.95. The highest BCUT2D eigenvalue weighted by atomic mass is 16.7. The topological polar surface area (TPSA) is 139 Å². The largest absolute Gasteiger partial charge is 0.508 e. The first-order valence-corrected chi connectivity index (χ1v) is 8.78. The molecule has 1 aromatic rings. The maximum Gasteiger partial charge on any atom is 0.508 e. The molecule has 0 aliphatic carbocycles. The Bertz CT molecular complexity index is 676. The number of rotatable bonds is 8. The van der Waals surface area contributed by atoms with Gasteiger partial charge in [0.05, 0.1) is 0 Å². The van der Waals surface area contributed by atoms with Crippen molar-refractivity contribution in [2.45, 2.75) is 58.8 Å². The number of ether oxygens (including phenoxy) is 2. The summed E-state index contributed by atoms with van der Waals surface area (Å²) in [6.45, 7) is 8.64. The van der Waals surface area contributed by atoms with Crippen LogP contribution in [0.5, 0.6) is 11.5 Å². The average molecular weight is 383 g/mol. The van der Waals surface area contributed by atoms with Gasteiger partial charge >= 0.3 is 12.1 Å². The Morgan fingerprint density at radius 1 is 1.04 bits per heavy atom. The molecule has 0 amide bonds. The molecule has 4 atom stereocenters. The molecule has 0 saturated heterocycles. The molecule has 0 aromatic heterocycles. The standard InChI is InChI=1S/C19H29NO7/c1-10(2)12(4)26-18(25)27-13(5)11(3)19(20,17(23)24)9-14-6-7-15(21)16(22)8-14/h6-8,10-13,21-22H,9,20H2,1-5H3,(H,23,24)/t11-,12?,13+,19-/m1/s1. The van der Waals surface area contributed by atoms with Gasteiger partial charge in [-0.3, -0.25) is 4.79 Å². The van der Waals surface area contributed by atoms with Crippen LogP contribution in [0.15, 0.2) is 18.2 Å². The molecule has 0 aliphatic rings. The molecule has 8 nitrogen and oxygen atoms in total. The number of hydrogen-bond donors (Lipinski definition) is 4. The van der Waals surface area contributed by atoms with Crippen molar-refractivity contribution < 1.29 is 34.4 Å². The second-order valence-electron chi connectivity index (χ2n) is 7.27. The van der Waals surface area contributed by atoms with Crippen molar-refractivity contribution in [3.63, 3.8) is 0 Å². The van der Waals surface area contributed by atoms with Crippen molar-refractivity contribution in [2.75, 3.05) is 0 Å². The highest BCUT2D eigenvalue weighted by molar-refractivity contribution is 5.79. The Hall–Kier alpha value is -2.48. The van der Waals surface area contributed by atoms with E-state index in [9.17, 15) is 24.9 Å². The quantitative estimate of drug-likeness (QED) is 0.397. The van der Waals surface area contributed by atoms with Gasteiger partial charge in [-0.25, -0.2) is 4.79 Å². The summed E-state index contributed by atoms with van der Waals surface area (Å²) >= 11 is 0. The minimum Gasteiger partial charge on any atom is -0.504 e. The molecule has 8 heteroatoms. The Balaban J connectivity index is 2.92. The SMILES string of the molecule is CC(C)C(C)OC(=O)O[C@@H](C)[C@@H](C)[C@](N)(Cc1ccc(O)c(O)c1)C(=O)O. The van der Waals surface area contributed by atoms with Crippen molar-refractivity contribution in [1.82, 2.24) is 0 Å². The van der Waals surface area contributed by atoms with E-state index < -0.39 is 29.7 Å². The van der Waals surface area contributed by atoms with E-state index in [1.807, 2.05) is 13.8 Å². The number of carboxylic acids is 1. The fourth-order valence-corrected chi connectivity index (χ4v) is 2.44. The summed E-state index contributed by atoms with van der Waals surface area (Å²) in [5.74, 6) is -2.62. The van der Waals surface area contributed by atoms with Gasteiger partial charge in [0.15, 0.2) is 11.5 Å². The number of aliphatic carboxylic acids is 1. The van der Waals surface area contributed by atoms with Gasteiger partial charge in [-0.05, 0) is 37.5 Å². The van der Waals surface area contributed by atoms with Crippen LogP contribution < -0.4 is 5.73 Å². The van der Waals surface area contributed by atoms with Crippen LogP contribution in [0.1, 0.15) is 40.2 Å². The van der Waals surface area contributed by atoms with Gasteiger partial charge in [0.2, 0.25) is 0 Å². The Labute approximate surface area is 158 Å². The van der Waals surface area contributed by atoms with Crippen LogP contribution in [0.2, 0.25) is 0 Å². The van der Waals surface area contributed by atoms with E-state index in [0.717, 1.165) is 0 Å². The first-order chi connectivity index (χ1) is 12.4. The molecule has 0 aliphatic heterocycles. The molecule has 1 aromatic carbocycles. The molecule has 27 heavy (non-hydrogen) atoms. The molecule has 0 bridgehead atoms. The smallest absolute Gasteiger partial charge is 0.504 e. The maximum atomic E-state index is 11.9. The van der Waals surface area contributed by atoms with Crippen LogP contribution in [0.25, 0.3) is 0 Å². The van der Waals surface area contributed by atoms with Gasteiger partial charge in [-0.2, -0.15) is 0 Å². The van der Waals surface area contributed by atoms with Crippen LogP contribution in [0.3, 0.4) is 0 Å². The average Bonchev–Trinajstić information content (AvgIpc) is 2.56. The van der Waals surface area contributed by atoms with Gasteiger partial charge in [-0.1, -0.05) is 26.8 Å². The first kappa shape index (κ1) is 22.6. The zero-order chi connectivity index (χ0) is 20.9. The number of benzene rings is 1. The van der Waals surface area contributed by atoms with Crippen LogP contribution in [0, 0.1) is 11.8 Å². The molecule has 0 fully saturated rings. The summed E-state index contributed by atoms with van der Waals surface area (Å²) in [5, 5.41) is 28.7. The number of phenols is 2. The van der Waals surface area contributed by atoms with Gasteiger partial charge in [0.25, 0.3) is 0 Å². The summed E-state index contributed by atoms with van der Waals surface area (Å²) in [6.07, 6.45) is -2.20. The van der Waals surface area contributed by atoms with E-state index in [0.29, 0.717) is 5.56 Å². The summed E-state index contributed by atoms with van der Waals surface area (Å²) in [6, 6.07) is 3.97. The third kappa shape index (κ3) is 5.75. The number of phenolic OH excluding ortho intramolecular Hbond substituents is 2. The molecule has 1 rings (SSSR count). The predicted molar refractivity (Wildman–Crippen MR) is 98.5 cm³/mol. The van der Waals surface area contributed by atoms with E-state index in [1.54, 1.807) is 20.8 Å².